The number of benzene rings is 3. The monoisotopic (exact) mass is 531 g/mol. The number of nitrogens with one attached hydrogen (secondary N) is 1. The van der Waals surface area contributed by atoms with Gasteiger partial charge in [0.15, 0.2) is 11.5 Å². The van der Waals surface area contributed by atoms with Crippen LogP contribution in [0.2, 0.25) is 0 Å². The number of carbonyl (C=O) groups excluding carboxylic acids is 1. The van der Waals surface area contributed by atoms with Gasteiger partial charge in [-0.1, -0.05) is 46.3 Å². The van der Waals surface area contributed by atoms with Gasteiger partial charge in [-0.3, -0.25) is 4.79 Å². The second-order valence-electron chi connectivity index (χ2n) is 6.23. The Bertz CT molecular complexity index is 1070. The molecule has 0 radical (unpaired) electrons. The quantitative estimate of drug-likeness (QED) is 0.250. The second-order valence-corrected chi connectivity index (χ2v) is 8.00. The summed E-state index contributed by atoms with van der Waals surface area (Å²) in [5.74, 6) is 0.774. The topological polar surface area (TPSA) is 85.9 Å². The highest BCUT2D eigenvalue weighted by Crippen LogP contribution is 2.29. The number of nitrogens with zero attached hydrogens (tertiary/aromatic N) is 1. The Morgan fingerprint density at radius 1 is 1.10 bits per heavy atom. The molecule has 6 nitrogen and oxygen atoms in total. The van der Waals surface area contributed by atoms with E-state index in [0.717, 1.165) is 15.6 Å². The van der Waals surface area contributed by atoms with Gasteiger partial charge >= 0.3 is 0 Å². The van der Waals surface area contributed by atoms with E-state index in [2.05, 4.69) is 42.4 Å². The lowest BCUT2D eigenvalue weighted by Gasteiger charge is -2.11. The van der Waals surface area contributed by atoms with Gasteiger partial charge in [-0.15, -0.1) is 0 Å². The lowest BCUT2D eigenvalue weighted by Crippen LogP contribution is -2.19. The standard InChI is InChI=1S/C22H19Br2N3O3/c1-29-20-9-15(7-8-19(20)30-13-14-5-3-2-4-6-14)12-26-27-22(28)17-10-16(23)11-18(24)21(17)25/h2-12H,13,25H2,1H3,(H,27,28)/b26-12-. The van der Waals surface area contributed by atoms with Gasteiger partial charge in [-0.05, 0) is 57.4 Å². The summed E-state index contributed by atoms with van der Waals surface area (Å²) in [6, 6.07) is 18.7. The van der Waals surface area contributed by atoms with E-state index in [4.69, 9.17) is 15.2 Å². The molecule has 3 aromatic rings. The van der Waals surface area contributed by atoms with E-state index >= 15 is 0 Å². The van der Waals surface area contributed by atoms with Crippen molar-refractivity contribution in [3.63, 3.8) is 0 Å². The number of hydrazone groups is 1. The number of methoxy groups -OCH3 is 1. The highest BCUT2D eigenvalue weighted by atomic mass is 79.9. The van der Waals surface area contributed by atoms with Crippen molar-refractivity contribution in [2.24, 2.45) is 5.10 Å². The first-order chi connectivity index (χ1) is 14.5. The first-order valence-electron chi connectivity index (χ1n) is 8.90. The predicted molar refractivity (Wildman–Crippen MR) is 125 cm³/mol. The first kappa shape index (κ1) is 21.9. The van der Waals surface area contributed by atoms with Gasteiger partial charge in [0.1, 0.15) is 6.61 Å². The van der Waals surface area contributed by atoms with E-state index in [9.17, 15) is 4.79 Å². The van der Waals surface area contributed by atoms with Crippen LogP contribution in [0.15, 0.2) is 74.7 Å². The van der Waals surface area contributed by atoms with Gasteiger partial charge in [-0.2, -0.15) is 5.10 Å². The molecule has 3 N–H and O–H groups in total. The average molecular weight is 533 g/mol. The minimum Gasteiger partial charge on any atom is -0.493 e. The summed E-state index contributed by atoms with van der Waals surface area (Å²) in [6.45, 7) is 0.435. The van der Waals surface area contributed by atoms with E-state index in [1.807, 2.05) is 36.4 Å². The Labute approximate surface area is 191 Å². The molecule has 0 aliphatic carbocycles. The van der Waals surface area contributed by atoms with Gasteiger partial charge in [-0.25, -0.2) is 5.43 Å². The third-order valence-corrected chi connectivity index (χ3v) is 5.26. The molecule has 0 fully saturated rings. The van der Waals surface area contributed by atoms with Crippen molar-refractivity contribution in [3.05, 3.63) is 86.3 Å². The number of anilines is 1. The van der Waals surface area contributed by atoms with Gasteiger partial charge in [0, 0.05) is 8.95 Å². The molecule has 0 unspecified atom stereocenters. The molecule has 3 aromatic carbocycles. The van der Waals surface area contributed by atoms with Crippen LogP contribution in [0.3, 0.4) is 0 Å². The SMILES string of the molecule is COc1cc(/C=N\NC(=O)c2cc(Br)cc(Br)c2N)ccc1OCc1ccccc1. The van der Waals surface area contributed by atoms with Crippen LogP contribution in [-0.2, 0) is 6.61 Å². The smallest absolute Gasteiger partial charge is 0.273 e. The number of hydrogen-bond acceptors (Lipinski definition) is 5. The molecule has 0 aliphatic rings. The molecule has 8 heteroatoms. The Kier molecular flexibility index (Phi) is 7.48. The molecule has 0 spiro atoms. The highest BCUT2D eigenvalue weighted by molar-refractivity contribution is 9.11. The molecule has 154 valence electrons. The molecular formula is C22H19Br2N3O3. The zero-order valence-electron chi connectivity index (χ0n) is 16.1. The van der Waals surface area contributed by atoms with Crippen LogP contribution < -0.4 is 20.6 Å². The van der Waals surface area contributed by atoms with E-state index in [1.54, 1.807) is 31.4 Å². The number of amides is 1. The van der Waals surface area contributed by atoms with Crippen molar-refractivity contribution >= 4 is 49.7 Å². The molecule has 0 aliphatic heterocycles. The Balaban J connectivity index is 1.66. The fourth-order valence-corrected chi connectivity index (χ4v) is 3.84. The average Bonchev–Trinajstić information content (AvgIpc) is 2.75. The first-order valence-corrected chi connectivity index (χ1v) is 10.5. The van der Waals surface area contributed by atoms with Gasteiger partial charge in [0.05, 0.1) is 24.6 Å². The molecule has 0 heterocycles. The minimum absolute atomic E-state index is 0.315. The van der Waals surface area contributed by atoms with E-state index in [0.29, 0.717) is 33.8 Å². The van der Waals surface area contributed by atoms with Crippen LogP contribution in [-0.4, -0.2) is 19.2 Å². The molecule has 3 rings (SSSR count). The van der Waals surface area contributed by atoms with Crippen LogP contribution in [0, 0.1) is 0 Å². The van der Waals surface area contributed by atoms with E-state index < -0.39 is 5.91 Å². The van der Waals surface area contributed by atoms with Crippen molar-refractivity contribution in [1.82, 2.24) is 5.43 Å². The third kappa shape index (κ3) is 5.61. The molecule has 30 heavy (non-hydrogen) atoms. The van der Waals surface area contributed by atoms with E-state index in [-0.39, 0.29) is 0 Å². The van der Waals surface area contributed by atoms with Crippen LogP contribution in [0.25, 0.3) is 0 Å². The summed E-state index contributed by atoms with van der Waals surface area (Å²) < 4.78 is 12.6. The fraction of sp³-hybridized carbons (Fsp3) is 0.0909. The third-order valence-electron chi connectivity index (χ3n) is 4.14. The van der Waals surface area contributed by atoms with Crippen molar-refractivity contribution in [2.75, 3.05) is 12.8 Å². The number of ether oxygens (including phenoxy) is 2. The Hall–Kier alpha value is -2.84. The van der Waals surface area contributed by atoms with Crippen molar-refractivity contribution in [3.8, 4) is 11.5 Å². The number of halogens is 2. The van der Waals surface area contributed by atoms with Crippen molar-refractivity contribution < 1.29 is 14.3 Å². The summed E-state index contributed by atoms with van der Waals surface area (Å²) in [5, 5.41) is 4.01. The molecule has 1 amide bonds. The van der Waals surface area contributed by atoms with Crippen molar-refractivity contribution in [2.45, 2.75) is 6.61 Å². The fourth-order valence-electron chi connectivity index (χ4n) is 2.62. The minimum atomic E-state index is -0.416. The van der Waals surface area contributed by atoms with Crippen LogP contribution in [0.5, 0.6) is 11.5 Å². The van der Waals surface area contributed by atoms with Crippen LogP contribution >= 0.6 is 31.9 Å². The number of carbonyl (C=O) groups is 1. The number of hydrogen-bond donors (Lipinski definition) is 2. The van der Waals surface area contributed by atoms with Gasteiger partial charge in [0.25, 0.3) is 5.91 Å². The lowest BCUT2D eigenvalue weighted by molar-refractivity contribution is 0.0956. The van der Waals surface area contributed by atoms with Crippen LogP contribution in [0.1, 0.15) is 21.5 Å². The highest BCUT2D eigenvalue weighted by Gasteiger charge is 2.13. The predicted octanol–water partition coefficient (Wildman–Crippen LogP) is 5.15. The lowest BCUT2D eigenvalue weighted by atomic mass is 10.2. The maximum Gasteiger partial charge on any atom is 0.273 e. The molecule has 0 saturated heterocycles. The number of rotatable bonds is 7. The van der Waals surface area contributed by atoms with E-state index in [1.165, 1.54) is 6.21 Å². The maximum atomic E-state index is 12.4. The summed E-state index contributed by atoms with van der Waals surface area (Å²) >= 11 is 6.66. The zero-order valence-corrected chi connectivity index (χ0v) is 19.2. The van der Waals surface area contributed by atoms with Crippen molar-refractivity contribution in [1.29, 1.82) is 0 Å². The summed E-state index contributed by atoms with van der Waals surface area (Å²) in [5.41, 5.74) is 10.9. The molecule has 0 saturated carbocycles. The molecule has 0 aromatic heterocycles. The molecular weight excluding hydrogens is 514 g/mol. The second kappa shape index (κ2) is 10.3. The normalized spacial score (nSPS) is 10.8. The maximum absolute atomic E-state index is 12.4. The zero-order chi connectivity index (χ0) is 21.5. The van der Waals surface area contributed by atoms with Gasteiger partial charge in [0.2, 0.25) is 0 Å². The summed E-state index contributed by atoms with van der Waals surface area (Å²) in [6.07, 6.45) is 1.52. The number of nitrogen functional groups attached to an aromatic ring is 1. The number of nitrogens with two attached hydrogens (primary N) is 1. The molecule has 0 bridgehead atoms. The molecule has 0 atom stereocenters. The van der Waals surface area contributed by atoms with Crippen LogP contribution in [0.4, 0.5) is 5.69 Å². The largest absolute Gasteiger partial charge is 0.493 e. The Morgan fingerprint density at radius 3 is 2.60 bits per heavy atom. The summed E-state index contributed by atoms with van der Waals surface area (Å²) in [7, 11) is 1.57. The van der Waals surface area contributed by atoms with Gasteiger partial charge < -0.3 is 15.2 Å². The Morgan fingerprint density at radius 2 is 1.87 bits per heavy atom. The summed E-state index contributed by atoms with van der Waals surface area (Å²) in [4.78, 5) is 12.4.